The third-order valence-electron chi connectivity index (χ3n) is 3.98. The highest BCUT2D eigenvalue weighted by Crippen LogP contribution is 2.32. The van der Waals surface area contributed by atoms with Gasteiger partial charge in [0, 0.05) is 18.3 Å². The van der Waals surface area contributed by atoms with Gasteiger partial charge in [0.25, 0.3) is 0 Å². The van der Waals surface area contributed by atoms with Gasteiger partial charge in [-0.15, -0.1) is 0 Å². The average Bonchev–Trinajstić information content (AvgIpc) is 2.51. The molecule has 0 saturated carbocycles. The van der Waals surface area contributed by atoms with Crippen molar-refractivity contribution in [3.05, 3.63) is 40.6 Å². The lowest BCUT2D eigenvalue weighted by Gasteiger charge is -2.27. The molecule has 21 heavy (non-hydrogen) atoms. The second-order valence-electron chi connectivity index (χ2n) is 5.21. The van der Waals surface area contributed by atoms with Crippen LogP contribution < -0.4 is 11.1 Å². The molecule has 112 valence electrons. The SMILES string of the molecule is CCC(N)(CC)CNc1ccc2ncccc2c1[N+](=O)[O-]. The predicted octanol–water partition coefficient (Wildman–Crippen LogP) is 3.07. The summed E-state index contributed by atoms with van der Waals surface area (Å²) in [6.07, 6.45) is 3.23. The number of nitro groups is 1. The number of rotatable bonds is 6. The molecule has 0 fully saturated rings. The van der Waals surface area contributed by atoms with Crippen molar-refractivity contribution in [3.8, 4) is 0 Å². The Morgan fingerprint density at radius 3 is 2.67 bits per heavy atom. The summed E-state index contributed by atoms with van der Waals surface area (Å²) in [6.45, 7) is 4.53. The maximum Gasteiger partial charge on any atom is 0.301 e. The van der Waals surface area contributed by atoms with Crippen molar-refractivity contribution >= 4 is 22.3 Å². The number of hydrogen-bond acceptors (Lipinski definition) is 5. The van der Waals surface area contributed by atoms with Crippen LogP contribution in [0.3, 0.4) is 0 Å². The van der Waals surface area contributed by atoms with Gasteiger partial charge in [-0.05, 0) is 37.1 Å². The minimum atomic E-state index is -0.373. The van der Waals surface area contributed by atoms with Gasteiger partial charge < -0.3 is 11.1 Å². The van der Waals surface area contributed by atoms with Crippen LogP contribution >= 0.6 is 0 Å². The third kappa shape index (κ3) is 3.11. The van der Waals surface area contributed by atoms with Crippen LogP contribution in [0.25, 0.3) is 10.9 Å². The van der Waals surface area contributed by atoms with E-state index in [4.69, 9.17) is 5.73 Å². The van der Waals surface area contributed by atoms with Crippen molar-refractivity contribution < 1.29 is 4.92 Å². The van der Waals surface area contributed by atoms with Gasteiger partial charge in [-0.2, -0.15) is 0 Å². The Labute approximate surface area is 123 Å². The molecule has 6 heteroatoms. The maximum absolute atomic E-state index is 11.4. The summed E-state index contributed by atoms with van der Waals surface area (Å²) in [7, 11) is 0. The van der Waals surface area contributed by atoms with Gasteiger partial charge in [-0.3, -0.25) is 15.1 Å². The number of nitrogens with two attached hydrogens (primary N) is 1. The molecule has 0 saturated heterocycles. The lowest BCUT2D eigenvalue weighted by Crippen LogP contribution is -2.45. The molecule has 1 heterocycles. The standard InChI is InChI=1S/C15H20N4O2/c1-3-15(16,4-2)10-18-13-8-7-12-11(6-5-9-17-12)14(13)19(20)21/h5-9,18H,3-4,10,16H2,1-2H3. The molecule has 0 aliphatic rings. The van der Waals surface area contributed by atoms with Crippen LogP contribution in [0.2, 0.25) is 0 Å². The van der Waals surface area contributed by atoms with Crippen LogP contribution in [0, 0.1) is 10.1 Å². The van der Waals surface area contributed by atoms with Gasteiger partial charge in [0.2, 0.25) is 0 Å². The molecular formula is C15H20N4O2. The number of fused-ring (bicyclic) bond motifs is 1. The minimum Gasteiger partial charge on any atom is -0.378 e. The molecule has 0 aliphatic carbocycles. The van der Waals surface area contributed by atoms with Crippen molar-refractivity contribution in [2.45, 2.75) is 32.2 Å². The van der Waals surface area contributed by atoms with Crippen LogP contribution in [0.15, 0.2) is 30.5 Å². The number of anilines is 1. The Bertz CT molecular complexity index is 653. The molecule has 0 aliphatic heterocycles. The first kappa shape index (κ1) is 15.2. The minimum absolute atomic E-state index is 0.0511. The van der Waals surface area contributed by atoms with Crippen molar-refractivity contribution in [2.24, 2.45) is 5.73 Å². The zero-order chi connectivity index (χ0) is 15.5. The van der Waals surface area contributed by atoms with E-state index >= 15 is 0 Å². The summed E-state index contributed by atoms with van der Waals surface area (Å²) in [4.78, 5) is 15.2. The molecule has 0 unspecified atom stereocenters. The summed E-state index contributed by atoms with van der Waals surface area (Å²) < 4.78 is 0. The topological polar surface area (TPSA) is 94.1 Å². The van der Waals surface area contributed by atoms with Crippen molar-refractivity contribution in [1.82, 2.24) is 4.98 Å². The van der Waals surface area contributed by atoms with E-state index in [9.17, 15) is 10.1 Å². The largest absolute Gasteiger partial charge is 0.378 e. The number of hydrogen-bond donors (Lipinski definition) is 2. The zero-order valence-electron chi connectivity index (χ0n) is 12.3. The van der Waals surface area contributed by atoms with Gasteiger partial charge in [0.05, 0.1) is 15.8 Å². The molecule has 0 bridgehead atoms. The first-order valence-corrected chi connectivity index (χ1v) is 7.05. The van der Waals surface area contributed by atoms with Gasteiger partial charge in [-0.1, -0.05) is 13.8 Å². The Hall–Kier alpha value is -2.21. The van der Waals surface area contributed by atoms with E-state index in [1.54, 1.807) is 30.5 Å². The molecular weight excluding hydrogens is 268 g/mol. The number of aromatic nitrogens is 1. The Morgan fingerprint density at radius 1 is 1.33 bits per heavy atom. The first-order chi connectivity index (χ1) is 10.0. The Balaban J connectivity index is 2.40. The monoisotopic (exact) mass is 288 g/mol. The second-order valence-corrected chi connectivity index (χ2v) is 5.21. The highest BCUT2D eigenvalue weighted by molar-refractivity contribution is 5.94. The number of nitro benzene ring substituents is 1. The molecule has 1 aromatic carbocycles. The van der Waals surface area contributed by atoms with Crippen LogP contribution in [-0.2, 0) is 0 Å². The second kappa shape index (κ2) is 6.05. The fraction of sp³-hybridized carbons (Fsp3) is 0.400. The Morgan fingerprint density at radius 2 is 2.05 bits per heavy atom. The van der Waals surface area contributed by atoms with E-state index in [1.807, 2.05) is 13.8 Å². The van der Waals surface area contributed by atoms with Gasteiger partial charge in [0.15, 0.2) is 0 Å². The zero-order valence-corrected chi connectivity index (χ0v) is 12.3. The molecule has 0 atom stereocenters. The van der Waals surface area contributed by atoms with E-state index in [1.165, 1.54) is 0 Å². The molecule has 0 spiro atoms. The molecule has 1 aromatic heterocycles. The molecule has 2 rings (SSSR count). The fourth-order valence-electron chi connectivity index (χ4n) is 2.25. The van der Waals surface area contributed by atoms with Crippen LogP contribution in [0.5, 0.6) is 0 Å². The fourth-order valence-corrected chi connectivity index (χ4v) is 2.25. The summed E-state index contributed by atoms with van der Waals surface area (Å²) in [6, 6.07) is 6.88. The van der Waals surface area contributed by atoms with Crippen LogP contribution in [0.1, 0.15) is 26.7 Å². The summed E-state index contributed by atoms with van der Waals surface area (Å²) in [5, 5.41) is 15.1. The van der Waals surface area contributed by atoms with Gasteiger partial charge in [-0.25, -0.2) is 0 Å². The van der Waals surface area contributed by atoms with E-state index in [-0.39, 0.29) is 16.1 Å². The van der Waals surface area contributed by atoms with Gasteiger partial charge in [0.1, 0.15) is 5.69 Å². The first-order valence-electron chi connectivity index (χ1n) is 7.05. The predicted molar refractivity (Wildman–Crippen MR) is 84.4 cm³/mol. The number of benzene rings is 1. The molecule has 2 aromatic rings. The molecule has 0 radical (unpaired) electrons. The van der Waals surface area contributed by atoms with E-state index in [2.05, 4.69) is 10.3 Å². The highest BCUT2D eigenvalue weighted by atomic mass is 16.6. The Kier molecular flexibility index (Phi) is 4.37. The molecule has 6 nitrogen and oxygen atoms in total. The van der Waals surface area contributed by atoms with Crippen molar-refractivity contribution in [3.63, 3.8) is 0 Å². The summed E-state index contributed by atoms with van der Waals surface area (Å²) in [5.41, 5.74) is 7.02. The van der Waals surface area contributed by atoms with E-state index in [0.717, 1.165) is 12.8 Å². The molecule has 0 amide bonds. The van der Waals surface area contributed by atoms with E-state index in [0.29, 0.717) is 23.1 Å². The number of nitrogens with one attached hydrogen (secondary N) is 1. The smallest absolute Gasteiger partial charge is 0.301 e. The van der Waals surface area contributed by atoms with Crippen molar-refractivity contribution in [2.75, 3.05) is 11.9 Å². The molecule has 3 N–H and O–H groups in total. The van der Waals surface area contributed by atoms with Crippen molar-refractivity contribution in [1.29, 1.82) is 0 Å². The average molecular weight is 288 g/mol. The summed E-state index contributed by atoms with van der Waals surface area (Å²) >= 11 is 0. The van der Waals surface area contributed by atoms with Crippen LogP contribution in [-0.4, -0.2) is 22.0 Å². The maximum atomic E-state index is 11.4. The van der Waals surface area contributed by atoms with Gasteiger partial charge >= 0.3 is 5.69 Å². The lowest BCUT2D eigenvalue weighted by molar-refractivity contribution is -0.382. The summed E-state index contributed by atoms with van der Waals surface area (Å²) in [5.74, 6) is 0. The third-order valence-corrected chi connectivity index (χ3v) is 3.98. The lowest BCUT2D eigenvalue weighted by atomic mass is 9.94. The van der Waals surface area contributed by atoms with E-state index < -0.39 is 0 Å². The number of nitrogens with zero attached hydrogens (tertiary/aromatic N) is 2. The highest BCUT2D eigenvalue weighted by Gasteiger charge is 2.23. The number of pyridine rings is 1. The quantitative estimate of drug-likeness (QED) is 0.629. The van der Waals surface area contributed by atoms with Crippen LogP contribution in [0.4, 0.5) is 11.4 Å². The normalized spacial score (nSPS) is 11.6.